The summed E-state index contributed by atoms with van der Waals surface area (Å²) in [6.45, 7) is 0. The number of hydrogen-bond acceptors (Lipinski definition) is 3. The number of fused-ring (bicyclic) bond motifs is 6. The molecule has 0 saturated heterocycles. The van der Waals surface area contributed by atoms with Gasteiger partial charge in [-0.15, -0.1) is 0 Å². The molecule has 6 rings (SSSR count). The summed E-state index contributed by atoms with van der Waals surface area (Å²) in [5.74, 6) is 1.66. The maximum atomic E-state index is 4.42. The van der Waals surface area contributed by atoms with Crippen LogP contribution in [0.4, 0.5) is 5.82 Å². The molecule has 1 aliphatic carbocycles. The van der Waals surface area contributed by atoms with Gasteiger partial charge in [0, 0.05) is 46.2 Å². The molecule has 2 atom stereocenters. The third-order valence-electron chi connectivity index (χ3n) is 5.58. The first-order chi connectivity index (χ1) is 12.9. The number of anilines is 1. The Bertz CT molecular complexity index is 1000. The van der Waals surface area contributed by atoms with Crippen LogP contribution in [0.25, 0.3) is 21.8 Å². The zero-order chi connectivity index (χ0) is 17.3. The first-order valence-corrected chi connectivity index (χ1v) is 9.43. The minimum Gasteiger partial charge on any atom is -0.365 e. The Hall–Kier alpha value is -2.88. The number of benzene rings is 2. The molecule has 26 heavy (non-hydrogen) atoms. The lowest BCUT2D eigenvalue weighted by Gasteiger charge is -2.24. The van der Waals surface area contributed by atoms with Crippen LogP contribution in [0.15, 0.2) is 60.9 Å². The Morgan fingerprint density at radius 1 is 0.769 bits per heavy atom. The van der Waals surface area contributed by atoms with Gasteiger partial charge in [0.15, 0.2) is 0 Å². The van der Waals surface area contributed by atoms with Crippen LogP contribution < -0.4 is 5.32 Å². The lowest BCUT2D eigenvalue weighted by molar-refractivity contribution is 0.417. The molecule has 4 aromatic rings. The third-order valence-corrected chi connectivity index (χ3v) is 5.58. The van der Waals surface area contributed by atoms with Crippen molar-refractivity contribution < 1.29 is 0 Å². The molecule has 4 heteroatoms. The highest BCUT2D eigenvalue weighted by Crippen LogP contribution is 2.41. The van der Waals surface area contributed by atoms with E-state index in [1.165, 1.54) is 53.2 Å². The van der Waals surface area contributed by atoms with E-state index in [-0.39, 0.29) is 0 Å². The van der Waals surface area contributed by atoms with Crippen molar-refractivity contribution in [3.8, 4) is 0 Å². The normalized spacial score (nSPS) is 20.8. The Morgan fingerprint density at radius 3 is 2.19 bits per heavy atom. The minimum atomic E-state index is 0.617. The van der Waals surface area contributed by atoms with Crippen LogP contribution in [-0.2, 0) is 0 Å². The van der Waals surface area contributed by atoms with E-state index >= 15 is 0 Å². The van der Waals surface area contributed by atoms with Crippen molar-refractivity contribution in [2.24, 2.45) is 0 Å². The maximum Gasteiger partial charge on any atom is 0.148 e. The quantitative estimate of drug-likeness (QED) is 0.459. The van der Waals surface area contributed by atoms with Gasteiger partial charge >= 0.3 is 0 Å². The number of para-hydroxylation sites is 2. The van der Waals surface area contributed by atoms with E-state index in [0.29, 0.717) is 12.0 Å². The van der Waals surface area contributed by atoms with Crippen LogP contribution in [0.5, 0.6) is 0 Å². The Kier molecular flexibility index (Phi) is 3.81. The second kappa shape index (κ2) is 6.45. The number of nitrogens with one attached hydrogen (secondary N) is 2. The van der Waals surface area contributed by atoms with E-state index in [1.807, 2.05) is 0 Å². The molecule has 130 valence electrons. The van der Waals surface area contributed by atoms with Crippen molar-refractivity contribution in [3.63, 3.8) is 0 Å². The van der Waals surface area contributed by atoms with Crippen molar-refractivity contribution in [2.45, 2.75) is 37.6 Å². The van der Waals surface area contributed by atoms with Gasteiger partial charge in [0.1, 0.15) is 5.82 Å². The van der Waals surface area contributed by atoms with Gasteiger partial charge in [-0.25, -0.2) is 4.98 Å². The van der Waals surface area contributed by atoms with E-state index in [4.69, 9.17) is 0 Å². The number of H-pyrrole nitrogens is 1. The van der Waals surface area contributed by atoms with E-state index in [1.54, 1.807) is 12.4 Å². The monoisotopic (exact) mass is 342 g/mol. The molecule has 3 heterocycles. The molecule has 1 saturated carbocycles. The summed E-state index contributed by atoms with van der Waals surface area (Å²) in [5, 5.41) is 6.07. The van der Waals surface area contributed by atoms with E-state index in [9.17, 15) is 0 Å². The summed E-state index contributed by atoms with van der Waals surface area (Å²) in [5.41, 5.74) is 3.62. The molecule has 2 aliphatic rings. The van der Waals surface area contributed by atoms with Gasteiger partial charge < -0.3 is 10.3 Å². The van der Waals surface area contributed by atoms with Gasteiger partial charge in [-0.1, -0.05) is 49.2 Å². The molecule has 0 amide bonds. The number of rotatable bonds is 0. The van der Waals surface area contributed by atoms with Crippen LogP contribution in [0.3, 0.4) is 0 Å². The molecule has 0 bridgehead atoms. The summed E-state index contributed by atoms with van der Waals surface area (Å²) >= 11 is 0. The summed E-state index contributed by atoms with van der Waals surface area (Å²) in [6.07, 6.45) is 8.83. The van der Waals surface area contributed by atoms with Gasteiger partial charge in [-0.3, -0.25) is 4.98 Å². The molecular formula is C22H22N4. The first kappa shape index (κ1) is 15.4. The molecule has 1 fully saturated rings. The number of aromatic amines is 1. The molecule has 2 unspecified atom stereocenters. The van der Waals surface area contributed by atoms with Crippen molar-refractivity contribution in [1.82, 2.24) is 15.0 Å². The zero-order valence-electron chi connectivity index (χ0n) is 14.7. The molecule has 2 aromatic carbocycles. The van der Waals surface area contributed by atoms with Gasteiger partial charge in [0.05, 0.1) is 5.69 Å². The predicted octanol–water partition coefficient (Wildman–Crippen LogP) is 5.25. The minimum absolute atomic E-state index is 0.617. The van der Waals surface area contributed by atoms with Crippen LogP contribution in [0.1, 0.15) is 37.3 Å². The standard InChI is InChI=1S/C12H9N.C10H13N3/c1-3-7-11-9(5-1)10-6-2-4-8-12(10)13-11;1-2-4-8-7(3-1)9-10(13-8)12-6-5-11-9/h1-8,13H;5-8H,1-4H2,(H,12,13). The van der Waals surface area contributed by atoms with Gasteiger partial charge in [0.25, 0.3) is 0 Å². The Labute approximate surface area is 152 Å². The van der Waals surface area contributed by atoms with Crippen molar-refractivity contribution in [2.75, 3.05) is 5.32 Å². The van der Waals surface area contributed by atoms with Crippen LogP contribution in [0, 0.1) is 0 Å². The second-order valence-electron chi connectivity index (χ2n) is 7.15. The molecular weight excluding hydrogens is 320 g/mol. The molecule has 1 aliphatic heterocycles. The highest BCUT2D eigenvalue weighted by molar-refractivity contribution is 6.06. The van der Waals surface area contributed by atoms with Gasteiger partial charge in [0.2, 0.25) is 0 Å². The fourth-order valence-corrected chi connectivity index (χ4v) is 4.34. The average molecular weight is 342 g/mol. The van der Waals surface area contributed by atoms with Crippen molar-refractivity contribution in [3.05, 3.63) is 66.6 Å². The van der Waals surface area contributed by atoms with Crippen molar-refractivity contribution >= 4 is 27.6 Å². The fourth-order valence-electron chi connectivity index (χ4n) is 4.34. The molecule has 0 spiro atoms. The molecule has 2 N–H and O–H groups in total. The number of aromatic nitrogens is 3. The summed E-state index contributed by atoms with van der Waals surface area (Å²) in [4.78, 5) is 12.1. The van der Waals surface area contributed by atoms with Gasteiger partial charge in [-0.2, -0.15) is 0 Å². The zero-order valence-corrected chi connectivity index (χ0v) is 14.7. The average Bonchev–Trinajstić information content (AvgIpc) is 3.27. The molecule has 0 radical (unpaired) electrons. The molecule has 4 nitrogen and oxygen atoms in total. The van der Waals surface area contributed by atoms with Crippen molar-refractivity contribution in [1.29, 1.82) is 0 Å². The van der Waals surface area contributed by atoms with Crippen LogP contribution in [-0.4, -0.2) is 21.0 Å². The maximum absolute atomic E-state index is 4.42. The van der Waals surface area contributed by atoms with Gasteiger partial charge in [-0.05, 0) is 25.0 Å². The van der Waals surface area contributed by atoms with Crippen LogP contribution in [0.2, 0.25) is 0 Å². The Morgan fingerprint density at radius 2 is 1.42 bits per heavy atom. The fraction of sp³-hybridized carbons (Fsp3) is 0.273. The number of hydrogen-bond donors (Lipinski definition) is 2. The number of nitrogens with zero attached hydrogens (tertiary/aromatic N) is 2. The SMILES string of the molecule is c1ccc2c(c1)[nH]c1ccccc12.c1cnc2c(n1)NC1CCCCC21. The van der Waals surface area contributed by atoms with E-state index < -0.39 is 0 Å². The summed E-state index contributed by atoms with van der Waals surface area (Å²) in [6, 6.07) is 17.4. The topological polar surface area (TPSA) is 53.6 Å². The van der Waals surface area contributed by atoms with E-state index in [0.717, 1.165) is 5.82 Å². The molecule has 2 aromatic heterocycles. The van der Waals surface area contributed by atoms with E-state index in [2.05, 4.69) is 68.8 Å². The highest BCUT2D eigenvalue weighted by Gasteiger charge is 2.35. The second-order valence-corrected chi connectivity index (χ2v) is 7.15. The highest BCUT2D eigenvalue weighted by atomic mass is 15.1. The predicted molar refractivity (Wildman–Crippen MR) is 106 cm³/mol. The first-order valence-electron chi connectivity index (χ1n) is 9.43. The third kappa shape index (κ3) is 2.62. The largest absolute Gasteiger partial charge is 0.365 e. The smallest absolute Gasteiger partial charge is 0.148 e. The lowest BCUT2D eigenvalue weighted by Crippen LogP contribution is -2.24. The summed E-state index contributed by atoms with van der Waals surface area (Å²) in [7, 11) is 0. The summed E-state index contributed by atoms with van der Waals surface area (Å²) < 4.78 is 0. The Balaban J connectivity index is 0.000000115. The lowest BCUT2D eigenvalue weighted by atomic mass is 9.85. The van der Waals surface area contributed by atoms with Crippen LogP contribution >= 0.6 is 0 Å².